The number of nitrogens with zero attached hydrogens (tertiary/aromatic N) is 3. The lowest BCUT2D eigenvalue weighted by Crippen LogP contribution is -2.38. The Morgan fingerprint density at radius 3 is 2.76 bits per heavy atom. The summed E-state index contributed by atoms with van der Waals surface area (Å²) in [6.07, 6.45) is 2.83. The van der Waals surface area contributed by atoms with E-state index >= 15 is 0 Å². The monoisotopic (exact) mass is 309 g/mol. The Hall–Kier alpha value is -0.810. The van der Waals surface area contributed by atoms with Crippen molar-refractivity contribution in [3.8, 4) is 0 Å². The van der Waals surface area contributed by atoms with E-state index in [4.69, 9.17) is 0 Å². The third-order valence-electron chi connectivity index (χ3n) is 3.75. The number of hydrogen-bond acceptors (Lipinski definition) is 5. The summed E-state index contributed by atoms with van der Waals surface area (Å²) >= 11 is 1.89. The quantitative estimate of drug-likeness (QED) is 0.839. The number of aliphatic hydroxyl groups excluding tert-OH is 1. The Balaban J connectivity index is 2.21. The topological polar surface area (TPSA) is 49.2 Å². The van der Waals surface area contributed by atoms with E-state index in [2.05, 4.69) is 42.6 Å². The first-order chi connectivity index (χ1) is 9.93. The van der Waals surface area contributed by atoms with Gasteiger partial charge in [0, 0.05) is 30.2 Å². The molecule has 1 aliphatic heterocycles. The van der Waals surface area contributed by atoms with Gasteiger partial charge in [-0.1, -0.05) is 27.7 Å². The lowest BCUT2D eigenvalue weighted by molar-refractivity contribution is 0.267. The van der Waals surface area contributed by atoms with Crippen LogP contribution in [0.3, 0.4) is 0 Å². The summed E-state index contributed by atoms with van der Waals surface area (Å²) in [5.41, 5.74) is 2.62. The number of fused-ring (bicyclic) bond motifs is 1. The van der Waals surface area contributed by atoms with Gasteiger partial charge in [0.15, 0.2) is 0 Å². The molecule has 0 bridgehead atoms. The van der Waals surface area contributed by atoms with Crippen LogP contribution in [0, 0.1) is 11.3 Å². The van der Waals surface area contributed by atoms with E-state index in [1.807, 2.05) is 11.8 Å². The van der Waals surface area contributed by atoms with Crippen LogP contribution in [-0.2, 0) is 11.5 Å². The Morgan fingerprint density at radius 2 is 2.10 bits per heavy atom. The molecule has 0 atom stereocenters. The molecule has 1 aromatic heterocycles. The first-order valence-electron chi connectivity index (χ1n) is 7.69. The van der Waals surface area contributed by atoms with Gasteiger partial charge in [-0.05, 0) is 17.8 Å². The van der Waals surface area contributed by atoms with Gasteiger partial charge in [-0.2, -0.15) is 11.8 Å². The summed E-state index contributed by atoms with van der Waals surface area (Å²) in [6, 6.07) is 0. The average Bonchev–Trinajstić information content (AvgIpc) is 2.84. The lowest BCUT2D eigenvalue weighted by Gasteiger charge is -2.35. The molecule has 2 heterocycles. The number of rotatable bonds is 7. The molecule has 1 N–H and O–H groups in total. The van der Waals surface area contributed by atoms with Gasteiger partial charge >= 0.3 is 0 Å². The molecule has 0 fully saturated rings. The molecule has 4 nitrogen and oxygen atoms in total. The van der Waals surface area contributed by atoms with Crippen LogP contribution in [0.15, 0.2) is 6.33 Å². The highest BCUT2D eigenvalue weighted by Gasteiger charge is 2.27. The van der Waals surface area contributed by atoms with E-state index in [0.717, 1.165) is 36.0 Å². The second kappa shape index (κ2) is 6.97. The van der Waals surface area contributed by atoms with Crippen LogP contribution in [0.5, 0.6) is 0 Å². The van der Waals surface area contributed by atoms with Crippen molar-refractivity contribution in [2.75, 3.05) is 24.6 Å². The van der Waals surface area contributed by atoms with E-state index in [0.29, 0.717) is 12.5 Å². The minimum absolute atomic E-state index is 0.156. The van der Waals surface area contributed by atoms with E-state index < -0.39 is 0 Å². The molecule has 0 saturated heterocycles. The third-order valence-corrected chi connectivity index (χ3v) is 4.72. The predicted molar refractivity (Wildman–Crippen MR) is 89.6 cm³/mol. The van der Waals surface area contributed by atoms with Crippen LogP contribution < -0.4 is 4.90 Å². The maximum atomic E-state index is 9.43. The summed E-state index contributed by atoms with van der Waals surface area (Å²) in [6.45, 7) is 10.8. The number of aliphatic hydroxyl groups is 1. The van der Waals surface area contributed by atoms with E-state index in [1.54, 1.807) is 6.33 Å². The van der Waals surface area contributed by atoms with Crippen LogP contribution in [0.4, 0.5) is 5.82 Å². The molecule has 21 heavy (non-hydrogen) atoms. The maximum Gasteiger partial charge on any atom is 0.136 e. The molecule has 5 heteroatoms. The van der Waals surface area contributed by atoms with Gasteiger partial charge in [0.1, 0.15) is 12.1 Å². The molecular formula is C16H27N3OS. The van der Waals surface area contributed by atoms with Gasteiger partial charge < -0.3 is 10.0 Å². The first kappa shape index (κ1) is 16.6. The van der Waals surface area contributed by atoms with E-state index in [1.165, 1.54) is 5.56 Å². The lowest BCUT2D eigenvalue weighted by atomic mass is 9.83. The number of aromatic nitrogens is 2. The molecule has 0 aliphatic carbocycles. The Morgan fingerprint density at radius 1 is 1.33 bits per heavy atom. The third kappa shape index (κ3) is 4.33. The van der Waals surface area contributed by atoms with E-state index in [-0.39, 0.29) is 12.0 Å². The molecule has 0 spiro atoms. The molecule has 1 aliphatic rings. The van der Waals surface area contributed by atoms with Crippen LogP contribution in [0.2, 0.25) is 0 Å². The van der Waals surface area contributed by atoms with Crippen LogP contribution in [-0.4, -0.2) is 34.8 Å². The van der Waals surface area contributed by atoms with Crippen molar-refractivity contribution >= 4 is 17.6 Å². The number of hydrogen-bond donors (Lipinski definition) is 1. The Bertz CT molecular complexity index is 477. The minimum Gasteiger partial charge on any atom is -0.395 e. The van der Waals surface area contributed by atoms with Crippen LogP contribution in [0.25, 0.3) is 0 Å². The number of anilines is 1. The summed E-state index contributed by atoms with van der Waals surface area (Å²) in [7, 11) is 0. The van der Waals surface area contributed by atoms with Crippen molar-refractivity contribution in [3.05, 3.63) is 17.6 Å². The standard InChI is InChI=1S/C16H27N3OS/c1-12(2)7-16(3,4)10-19(5-6-20)15-13-8-21-9-14(13)17-11-18-15/h11-12,20H,5-10H2,1-4H3. The molecule has 1 aromatic rings. The van der Waals surface area contributed by atoms with Gasteiger partial charge in [-0.15, -0.1) is 0 Å². The normalized spacial score (nSPS) is 14.6. The SMILES string of the molecule is CC(C)CC(C)(C)CN(CCO)c1ncnc2c1CSC2. The van der Waals surface area contributed by atoms with Crippen molar-refractivity contribution in [3.63, 3.8) is 0 Å². The second-order valence-electron chi connectivity index (χ2n) is 7.02. The zero-order valence-electron chi connectivity index (χ0n) is 13.6. The molecule has 0 saturated carbocycles. The summed E-state index contributed by atoms with van der Waals surface area (Å²) < 4.78 is 0. The zero-order valence-corrected chi connectivity index (χ0v) is 14.4. The van der Waals surface area contributed by atoms with Gasteiger partial charge in [-0.3, -0.25) is 0 Å². The van der Waals surface area contributed by atoms with Gasteiger partial charge in [0.2, 0.25) is 0 Å². The molecule has 0 unspecified atom stereocenters. The Kier molecular flexibility index (Phi) is 5.49. The van der Waals surface area contributed by atoms with E-state index in [9.17, 15) is 5.11 Å². The molecular weight excluding hydrogens is 282 g/mol. The average molecular weight is 309 g/mol. The highest BCUT2D eigenvalue weighted by atomic mass is 32.2. The highest BCUT2D eigenvalue weighted by Crippen LogP contribution is 2.35. The smallest absolute Gasteiger partial charge is 0.136 e. The predicted octanol–water partition coefficient (Wildman–Crippen LogP) is 3.09. The summed E-state index contributed by atoms with van der Waals surface area (Å²) in [4.78, 5) is 11.2. The fourth-order valence-corrected chi connectivity index (χ4v) is 4.34. The van der Waals surface area contributed by atoms with Crippen molar-refractivity contribution in [1.82, 2.24) is 9.97 Å². The molecule has 0 aromatic carbocycles. The van der Waals surface area contributed by atoms with Crippen molar-refractivity contribution < 1.29 is 5.11 Å². The fraction of sp³-hybridized carbons (Fsp3) is 0.750. The highest BCUT2D eigenvalue weighted by molar-refractivity contribution is 7.98. The van der Waals surface area contributed by atoms with Crippen molar-refractivity contribution in [2.45, 2.75) is 45.6 Å². The van der Waals surface area contributed by atoms with Crippen LogP contribution in [0.1, 0.15) is 45.4 Å². The zero-order chi connectivity index (χ0) is 15.5. The first-order valence-corrected chi connectivity index (χ1v) is 8.85. The van der Waals surface area contributed by atoms with Gasteiger partial charge in [-0.25, -0.2) is 9.97 Å². The van der Waals surface area contributed by atoms with Gasteiger partial charge in [0.25, 0.3) is 0 Å². The molecule has 0 radical (unpaired) electrons. The summed E-state index contributed by atoms with van der Waals surface area (Å²) in [5.74, 6) is 3.66. The van der Waals surface area contributed by atoms with Gasteiger partial charge in [0.05, 0.1) is 12.3 Å². The largest absolute Gasteiger partial charge is 0.395 e. The van der Waals surface area contributed by atoms with Crippen molar-refractivity contribution in [1.29, 1.82) is 0 Å². The van der Waals surface area contributed by atoms with Crippen LogP contribution >= 0.6 is 11.8 Å². The summed E-state index contributed by atoms with van der Waals surface area (Å²) in [5, 5.41) is 9.43. The molecule has 118 valence electrons. The maximum absolute atomic E-state index is 9.43. The Labute approximate surface area is 132 Å². The minimum atomic E-state index is 0.156. The molecule has 2 rings (SSSR count). The number of thioether (sulfide) groups is 1. The fourth-order valence-electron chi connectivity index (χ4n) is 3.30. The molecule has 0 amide bonds. The van der Waals surface area contributed by atoms with Crippen molar-refractivity contribution in [2.24, 2.45) is 11.3 Å². The second-order valence-corrected chi connectivity index (χ2v) is 8.01.